The summed E-state index contributed by atoms with van der Waals surface area (Å²) in [5, 5.41) is 4.88. The fourth-order valence-electron chi connectivity index (χ4n) is 6.94. The summed E-state index contributed by atoms with van der Waals surface area (Å²) >= 11 is 1.85. The molecule has 0 radical (unpaired) electrons. The van der Waals surface area contributed by atoms with Crippen molar-refractivity contribution in [1.82, 2.24) is 9.97 Å². The minimum Gasteiger partial charge on any atom is -0.456 e. The van der Waals surface area contributed by atoms with Crippen molar-refractivity contribution < 1.29 is 4.42 Å². The van der Waals surface area contributed by atoms with Crippen LogP contribution in [0.5, 0.6) is 0 Å². The largest absolute Gasteiger partial charge is 0.456 e. The molecule has 0 N–H and O–H groups in total. The van der Waals surface area contributed by atoms with Gasteiger partial charge in [-0.2, -0.15) is 0 Å². The summed E-state index contributed by atoms with van der Waals surface area (Å²) in [4.78, 5) is 10.1. The SMILES string of the molecule is c1ccc(-c2nc(-c3ccc(-c4ccc5oc6ccccc6c5c4)cc3)cc(-c3ccc(-c4ccc5sc6ccccc6c5c4)cc3)n2)cc1. The quantitative estimate of drug-likeness (QED) is 0.185. The molecule has 3 aromatic heterocycles. The molecule has 10 rings (SSSR count). The van der Waals surface area contributed by atoms with Crippen LogP contribution in [0, 0.1) is 0 Å². The van der Waals surface area contributed by atoms with Crippen molar-refractivity contribution in [3.8, 4) is 56.2 Å². The first-order valence-electron chi connectivity index (χ1n) is 16.7. The molecule has 3 nitrogen and oxygen atoms in total. The highest BCUT2D eigenvalue weighted by Crippen LogP contribution is 2.37. The van der Waals surface area contributed by atoms with Gasteiger partial charge < -0.3 is 4.42 Å². The molecule has 0 amide bonds. The Morgan fingerprint density at radius 2 is 0.860 bits per heavy atom. The molecule has 3 heterocycles. The Hall–Kier alpha value is -6.36. The molecule has 0 aliphatic carbocycles. The predicted molar refractivity (Wildman–Crippen MR) is 209 cm³/mol. The molecule has 0 spiro atoms. The van der Waals surface area contributed by atoms with Crippen LogP contribution in [0.2, 0.25) is 0 Å². The normalized spacial score (nSPS) is 11.6. The Morgan fingerprint density at radius 1 is 0.340 bits per heavy atom. The smallest absolute Gasteiger partial charge is 0.160 e. The third-order valence-electron chi connectivity index (χ3n) is 9.54. The molecule has 4 heteroatoms. The molecule has 0 bridgehead atoms. The molecule has 50 heavy (non-hydrogen) atoms. The van der Waals surface area contributed by atoms with E-state index in [4.69, 9.17) is 14.4 Å². The van der Waals surface area contributed by atoms with Crippen molar-refractivity contribution >= 4 is 53.4 Å². The molecular formula is C46H28N2OS. The van der Waals surface area contributed by atoms with Crippen LogP contribution in [0.3, 0.4) is 0 Å². The molecule has 0 fully saturated rings. The molecule has 0 unspecified atom stereocenters. The van der Waals surface area contributed by atoms with Crippen molar-refractivity contribution in [1.29, 1.82) is 0 Å². The number of nitrogens with zero attached hydrogens (tertiary/aromatic N) is 2. The maximum atomic E-state index is 6.06. The van der Waals surface area contributed by atoms with Crippen LogP contribution in [-0.4, -0.2) is 9.97 Å². The summed E-state index contributed by atoms with van der Waals surface area (Å²) in [7, 11) is 0. The number of thiophene rings is 1. The zero-order valence-corrected chi connectivity index (χ0v) is 27.7. The molecular weight excluding hydrogens is 629 g/mol. The maximum Gasteiger partial charge on any atom is 0.160 e. The number of hydrogen-bond donors (Lipinski definition) is 0. The van der Waals surface area contributed by atoms with E-state index in [-0.39, 0.29) is 0 Å². The molecule has 7 aromatic carbocycles. The maximum absolute atomic E-state index is 6.06. The lowest BCUT2D eigenvalue weighted by Crippen LogP contribution is -1.96. The Labute approximate surface area is 292 Å². The summed E-state index contributed by atoms with van der Waals surface area (Å²) in [6.07, 6.45) is 0. The van der Waals surface area contributed by atoms with Gasteiger partial charge in [-0.15, -0.1) is 11.3 Å². The van der Waals surface area contributed by atoms with Gasteiger partial charge in [0.2, 0.25) is 0 Å². The lowest BCUT2D eigenvalue weighted by molar-refractivity contribution is 0.669. The summed E-state index contributed by atoms with van der Waals surface area (Å²) in [5.41, 5.74) is 11.3. The van der Waals surface area contributed by atoms with Gasteiger partial charge in [-0.3, -0.25) is 0 Å². The summed E-state index contributed by atoms with van der Waals surface area (Å²) in [6.45, 7) is 0. The van der Waals surface area contributed by atoms with Crippen LogP contribution in [0.4, 0.5) is 0 Å². The van der Waals surface area contributed by atoms with E-state index in [2.05, 4.69) is 140 Å². The molecule has 0 aliphatic heterocycles. The van der Waals surface area contributed by atoms with Crippen molar-refractivity contribution in [3.63, 3.8) is 0 Å². The highest BCUT2D eigenvalue weighted by atomic mass is 32.1. The number of fused-ring (bicyclic) bond motifs is 6. The van der Waals surface area contributed by atoms with Crippen LogP contribution < -0.4 is 0 Å². The lowest BCUT2D eigenvalue weighted by atomic mass is 9.99. The zero-order chi connectivity index (χ0) is 33.0. The fourth-order valence-corrected chi connectivity index (χ4v) is 8.02. The number of furan rings is 1. The van der Waals surface area contributed by atoms with Crippen molar-refractivity contribution in [3.05, 3.63) is 170 Å². The van der Waals surface area contributed by atoms with E-state index >= 15 is 0 Å². The third kappa shape index (κ3) is 4.97. The van der Waals surface area contributed by atoms with Gasteiger partial charge in [-0.05, 0) is 64.7 Å². The summed E-state index contributed by atoms with van der Waals surface area (Å²) in [6, 6.07) is 59.7. The number of hydrogen-bond acceptors (Lipinski definition) is 4. The Morgan fingerprint density at radius 3 is 1.58 bits per heavy atom. The predicted octanol–water partition coefficient (Wildman–Crippen LogP) is 13.1. The van der Waals surface area contributed by atoms with Gasteiger partial charge in [0.05, 0.1) is 11.4 Å². The molecule has 234 valence electrons. The summed E-state index contributed by atoms with van der Waals surface area (Å²) < 4.78 is 8.69. The van der Waals surface area contributed by atoms with E-state index in [0.29, 0.717) is 5.82 Å². The van der Waals surface area contributed by atoms with Crippen LogP contribution in [0.15, 0.2) is 174 Å². The number of benzene rings is 7. The molecule has 0 atom stereocenters. The molecule has 0 saturated heterocycles. The first kappa shape index (κ1) is 28.6. The lowest BCUT2D eigenvalue weighted by Gasteiger charge is -2.11. The second kappa shape index (κ2) is 11.7. The first-order valence-corrected chi connectivity index (χ1v) is 17.5. The highest BCUT2D eigenvalue weighted by Gasteiger charge is 2.13. The second-order valence-electron chi connectivity index (χ2n) is 12.6. The topological polar surface area (TPSA) is 38.9 Å². The average Bonchev–Trinajstić information content (AvgIpc) is 3.76. The highest BCUT2D eigenvalue weighted by molar-refractivity contribution is 7.25. The van der Waals surface area contributed by atoms with Crippen LogP contribution in [0.25, 0.3) is 98.3 Å². The van der Waals surface area contributed by atoms with Crippen molar-refractivity contribution in [2.75, 3.05) is 0 Å². The first-order chi connectivity index (χ1) is 24.7. The van der Waals surface area contributed by atoms with Gasteiger partial charge in [0.1, 0.15) is 11.2 Å². The number of rotatable bonds is 5. The fraction of sp³-hybridized carbons (Fsp3) is 0. The van der Waals surface area contributed by atoms with Crippen molar-refractivity contribution in [2.45, 2.75) is 0 Å². The Kier molecular flexibility index (Phi) is 6.68. The van der Waals surface area contributed by atoms with Crippen LogP contribution >= 0.6 is 11.3 Å². The monoisotopic (exact) mass is 656 g/mol. The second-order valence-corrected chi connectivity index (χ2v) is 13.7. The molecule has 0 aliphatic rings. The standard InChI is InChI=1S/C46H28N2OS/c1-2-8-33(9-3-1)46-47-40(31-18-14-29(15-19-31)34-22-24-43-38(26-34)36-10-4-6-12-42(36)49-43)28-41(48-46)32-20-16-30(17-21-32)35-23-25-45-39(27-35)37-11-5-7-13-44(37)50-45/h1-28H. The van der Waals surface area contributed by atoms with Gasteiger partial charge in [0, 0.05) is 47.6 Å². The minimum atomic E-state index is 0.707. The van der Waals surface area contributed by atoms with Gasteiger partial charge in [0.25, 0.3) is 0 Å². The van der Waals surface area contributed by atoms with Crippen LogP contribution in [0.1, 0.15) is 0 Å². The Bertz CT molecular complexity index is 2670. The van der Waals surface area contributed by atoms with Crippen molar-refractivity contribution in [2.24, 2.45) is 0 Å². The molecule has 0 saturated carbocycles. The summed E-state index contributed by atoms with van der Waals surface area (Å²) in [5.74, 6) is 0.707. The number of aromatic nitrogens is 2. The van der Waals surface area contributed by atoms with Crippen LogP contribution in [-0.2, 0) is 0 Å². The average molecular weight is 657 g/mol. The number of para-hydroxylation sites is 1. The van der Waals surface area contributed by atoms with E-state index in [1.54, 1.807) is 0 Å². The third-order valence-corrected chi connectivity index (χ3v) is 10.7. The van der Waals surface area contributed by atoms with E-state index < -0.39 is 0 Å². The van der Waals surface area contributed by atoms with Gasteiger partial charge in [-0.1, -0.05) is 127 Å². The van der Waals surface area contributed by atoms with E-state index in [1.807, 2.05) is 41.7 Å². The minimum absolute atomic E-state index is 0.707. The Balaban J connectivity index is 1.01. The van der Waals surface area contributed by atoms with Gasteiger partial charge in [0.15, 0.2) is 5.82 Å². The van der Waals surface area contributed by atoms with E-state index in [0.717, 1.165) is 61.1 Å². The van der Waals surface area contributed by atoms with E-state index in [9.17, 15) is 0 Å². The zero-order valence-electron chi connectivity index (χ0n) is 26.9. The van der Waals surface area contributed by atoms with Gasteiger partial charge in [-0.25, -0.2) is 9.97 Å². The van der Waals surface area contributed by atoms with Gasteiger partial charge >= 0.3 is 0 Å². The molecule has 10 aromatic rings. The van der Waals surface area contributed by atoms with E-state index in [1.165, 1.54) is 31.3 Å².